The topological polar surface area (TPSA) is 86.8 Å². The molecule has 2 heterocycles. The smallest absolute Gasteiger partial charge is 0.323 e. The first kappa shape index (κ1) is 15.2. The summed E-state index contributed by atoms with van der Waals surface area (Å²) in [7, 11) is 1.99. The van der Waals surface area contributed by atoms with Crippen molar-refractivity contribution in [2.45, 2.75) is 57.5 Å². The number of nitrogens with one attached hydrogen (secondary N) is 2. The van der Waals surface area contributed by atoms with Crippen molar-refractivity contribution in [1.29, 1.82) is 0 Å². The number of hydrogen-bond acceptors (Lipinski definition) is 3. The molecule has 2 aromatic rings. The molecular weight excluding hydrogens is 306 g/mol. The van der Waals surface area contributed by atoms with Crippen LogP contribution in [0.5, 0.6) is 0 Å². The molecular formula is C17H23N5O2. The summed E-state index contributed by atoms with van der Waals surface area (Å²) in [6, 6.07) is 0.231. The lowest BCUT2D eigenvalue weighted by molar-refractivity contribution is 0.0655. The van der Waals surface area contributed by atoms with Gasteiger partial charge in [0, 0.05) is 25.0 Å². The number of nitrogens with zero attached hydrogens (tertiary/aromatic N) is 3. The normalized spacial score (nSPS) is 17.4. The third kappa shape index (κ3) is 2.57. The Hall–Kier alpha value is -2.31. The van der Waals surface area contributed by atoms with E-state index in [-0.39, 0.29) is 17.6 Å². The van der Waals surface area contributed by atoms with Crippen molar-refractivity contribution in [1.82, 2.24) is 24.6 Å². The van der Waals surface area contributed by atoms with Crippen LogP contribution in [-0.2, 0) is 26.4 Å². The monoisotopic (exact) mass is 329 g/mol. The van der Waals surface area contributed by atoms with E-state index in [9.17, 15) is 9.59 Å². The van der Waals surface area contributed by atoms with Gasteiger partial charge in [-0.05, 0) is 37.7 Å². The highest BCUT2D eigenvalue weighted by atomic mass is 16.2. The van der Waals surface area contributed by atoms with Gasteiger partial charge < -0.3 is 14.9 Å². The molecule has 0 saturated heterocycles. The zero-order valence-electron chi connectivity index (χ0n) is 14.0. The first-order valence-corrected chi connectivity index (χ1v) is 8.76. The quantitative estimate of drug-likeness (QED) is 0.891. The Morgan fingerprint density at radius 1 is 1.33 bits per heavy atom. The van der Waals surface area contributed by atoms with E-state index in [1.807, 2.05) is 16.6 Å². The van der Waals surface area contributed by atoms with Gasteiger partial charge in [-0.25, -0.2) is 4.79 Å². The highest BCUT2D eigenvalue weighted by molar-refractivity contribution is 5.92. The Kier molecular flexibility index (Phi) is 3.78. The molecule has 2 aliphatic carbocycles. The number of rotatable bonds is 4. The molecule has 2 N–H and O–H groups in total. The molecule has 0 atom stereocenters. The van der Waals surface area contributed by atoms with Crippen molar-refractivity contribution in [3.63, 3.8) is 0 Å². The van der Waals surface area contributed by atoms with Gasteiger partial charge in [0.25, 0.3) is 5.91 Å². The average Bonchev–Trinajstić information content (AvgIpc) is 3.32. The van der Waals surface area contributed by atoms with Gasteiger partial charge in [0.15, 0.2) is 0 Å². The van der Waals surface area contributed by atoms with Crippen LogP contribution >= 0.6 is 0 Å². The van der Waals surface area contributed by atoms with E-state index in [0.29, 0.717) is 12.2 Å². The number of imidazole rings is 1. The minimum atomic E-state index is -0.344. The SMILES string of the molecule is Cn1nc(CN(C(=O)c2c[nH]c(=O)[nH]2)C2CCCC2)c2c1CCC2. The molecule has 24 heavy (non-hydrogen) atoms. The number of aromatic amines is 2. The van der Waals surface area contributed by atoms with Crippen LogP contribution in [-0.4, -0.2) is 36.6 Å². The lowest BCUT2D eigenvalue weighted by atomic mass is 10.1. The molecule has 7 nitrogen and oxygen atoms in total. The van der Waals surface area contributed by atoms with Gasteiger partial charge in [0.2, 0.25) is 0 Å². The number of aromatic nitrogens is 4. The van der Waals surface area contributed by atoms with Crippen LogP contribution in [0.2, 0.25) is 0 Å². The van der Waals surface area contributed by atoms with Gasteiger partial charge in [-0.15, -0.1) is 0 Å². The maximum absolute atomic E-state index is 13.0. The van der Waals surface area contributed by atoms with Gasteiger partial charge in [-0.1, -0.05) is 12.8 Å². The van der Waals surface area contributed by atoms with Crippen LogP contribution in [0.4, 0.5) is 0 Å². The molecule has 0 unspecified atom stereocenters. The van der Waals surface area contributed by atoms with Crippen molar-refractivity contribution < 1.29 is 4.79 Å². The molecule has 2 aromatic heterocycles. The Morgan fingerprint density at radius 2 is 2.12 bits per heavy atom. The molecule has 7 heteroatoms. The van der Waals surface area contributed by atoms with Gasteiger partial charge >= 0.3 is 5.69 Å². The number of hydrogen-bond donors (Lipinski definition) is 2. The molecule has 1 fully saturated rings. The van der Waals surface area contributed by atoms with Crippen LogP contribution in [0.3, 0.4) is 0 Å². The van der Waals surface area contributed by atoms with Crippen LogP contribution in [0.15, 0.2) is 11.0 Å². The summed E-state index contributed by atoms with van der Waals surface area (Å²) in [6.45, 7) is 0.528. The lowest BCUT2D eigenvalue weighted by Crippen LogP contribution is -2.39. The summed E-state index contributed by atoms with van der Waals surface area (Å²) in [5.41, 5.74) is 3.63. The number of carbonyl (C=O) groups excluding carboxylic acids is 1. The summed E-state index contributed by atoms with van der Waals surface area (Å²) in [5.74, 6) is -0.113. The van der Waals surface area contributed by atoms with E-state index in [1.165, 1.54) is 17.5 Å². The fourth-order valence-corrected chi connectivity index (χ4v) is 4.17. The minimum Gasteiger partial charge on any atom is -0.328 e. The van der Waals surface area contributed by atoms with Gasteiger partial charge in [0.05, 0.1) is 12.2 Å². The first-order valence-electron chi connectivity index (χ1n) is 8.76. The Balaban J connectivity index is 1.65. The van der Waals surface area contributed by atoms with Gasteiger partial charge in [-0.3, -0.25) is 9.48 Å². The molecule has 0 bridgehead atoms. The minimum absolute atomic E-state index is 0.113. The van der Waals surface area contributed by atoms with E-state index in [4.69, 9.17) is 0 Å². The number of amides is 1. The fraction of sp³-hybridized carbons (Fsp3) is 0.588. The third-order valence-corrected chi connectivity index (χ3v) is 5.37. The van der Waals surface area contributed by atoms with Crippen molar-refractivity contribution >= 4 is 5.91 Å². The van der Waals surface area contributed by atoms with Gasteiger partial charge in [-0.2, -0.15) is 5.10 Å². The summed E-state index contributed by atoms with van der Waals surface area (Å²) >= 11 is 0. The number of aryl methyl sites for hydroxylation is 1. The van der Waals surface area contributed by atoms with E-state index in [2.05, 4.69) is 15.1 Å². The molecule has 0 aliphatic heterocycles. The fourth-order valence-electron chi connectivity index (χ4n) is 4.17. The summed E-state index contributed by atoms with van der Waals surface area (Å²) in [5, 5.41) is 4.67. The van der Waals surface area contributed by atoms with Crippen LogP contribution in [0, 0.1) is 0 Å². The van der Waals surface area contributed by atoms with Crippen molar-refractivity contribution in [2.24, 2.45) is 7.05 Å². The van der Waals surface area contributed by atoms with Crippen molar-refractivity contribution in [2.75, 3.05) is 0 Å². The zero-order chi connectivity index (χ0) is 16.7. The van der Waals surface area contributed by atoms with E-state index < -0.39 is 0 Å². The molecule has 2 aliphatic rings. The van der Waals surface area contributed by atoms with Crippen molar-refractivity contribution in [3.05, 3.63) is 39.3 Å². The Morgan fingerprint density at radius 3 is 2.83 bits per heavy atom. The molecule has 1 saturated carbocycles. The summed E-state index contributed by atoms with van der Waals surface area (Å²) in [6.07, 6.45) is 9.10. The number of fused-ring (bicyclic) bond motifs is 1. The van der Waals surface area contributed by atoms with E-state index in [0.717, 1.165) is 50.6 Å². The molecule has 0 aromatic carbocycles. The Labute approximate surface area is 140 Å². The molecule has 0 radical (unpaired) electrons. The highest BCUT2D eigenvalue weighted by Crippen LogP contribution is 2.29. The largest absolute Gasteiger partial charge is 0.328 e. The predicted octanol–water partition coefficient (Wildman–Crippen LogP) is 1.51. The number of carbonyl (C=O) groups is 1. The van der Waals surface area contributed by atoms with Crippen LogP contribution < -0.4 is 5.69 Å². The first-order chi connectivity index (χ1) is 11.6. The maximum atomic E-state index is 13.0. The number of H-pyrrole nitrogens is 2. The second-order valence-electron chi connectivity index (χ2n) is 6.88. The van der Waals surface area contributed by atoms with Crippen molar-refractivity contribution in [3.8, 4) is 0 Å². The molecule has 1 amide bonds. The molecule has 128 valence electrons. The Bertz CT molecular complexity index is 809. The van der Waals surface area contributed by atoms with Crippen LogP contribution in [0.25, 0.3) is 0 Å². The standard InChI is InChI=1S/C17H23N5O2/c1-21-15-8-4-7-12(15)14(20-21)10-22(11-5-2-3-6-11)16(23)13-9-18-17(24)19-13/h9,11H,2-8,10H2,1H3,(H2,18,19,24). The van der Waals surface area contributed by atoms with E-state index >= 15 is 0 Å². The lowest BCUT2D eigenvalue weighted by Gasteiger charge is -2.28. The van der Waals surface area contributed by atoms with E-state index in [1.54, 1.807) is 0 Å². The predicted molar refractivity (Wildman–Crippen MR) is 88.8 cm³/mol. The summed E-state index contributed by atoms with van der Waals surface area (Å²) < 4.78 is 1.97. The highest BCUT2D eigenvalue weighted by Gasteiger charge is 2.31. The van der Waals surface area contributed by atoms with Gasteiger partial charge in [0.1, 0.15) is 5.69 Å². The molecule has 0 spiro atoms. The zero-order valence-corrected chi connectivity index (χ0v) is 14.0. The second kappa shape index (κ2) is 5.96. The summed E-state index contributed by atoms with van der Waals surface area (Å²) in [4.78, 5) is 31.3. The third-order valence-electron chi connectivity index (χ3n) is 5.37. The average molecular weight is 329 g/mol. The molecule has 4 rings (SSSR count). The second-order valence-corrected chi connectivity index (χ2v) is 6.88. The van der Waals surface area contributed by atoms with Crippen LogP contribution in [0.1, 0.15) is 59.5 Å². The maximum Gasteiger partial charge on any atom is 0.323 e.